The zero-order valence-corrected chi connectivity index (χ0v) is 13.3. The topological polar surface area (TPSA) is 33.7 Å². The number of hydrogen-bond acceptors (Lipinski definition) is 4. The molecule has 2 rings (SSSR count). The lowest BCUT2D eigenvalue weighted by atomic mass is 10.1. The quantitative estimate of drug-likeness (QED) is 0.797. The molecule has 0 aromatic heterocycles. The molecule has 21 heavy (non-hydrogen) atoms. The molecular formula is C17H28N2O2. The zero-order chi connectivity index (χ0) is 14.9. The highest BCUT2D eigenvalue weighted by atomic mass is 16.5. The van der Waals surface area contributed by atoms with Crippen molar-refractivity contribution in [2.75, 3.05) is 39.9 Å². The fourth-order valence-corrected chi connectivity index (χ4v) is 2.67. The lowest BCUT2D eigenvalue weighted by molar-refractivity contribution is 0.0272. The van der Waals surface area contributed by atoms with Gasteiger partial charge in [0, 0.05) is 26.7 Å². The Bertz CT molecular complexity index is 394. The van der Waals surface area contributed by atoms with Crippen molar-refractivity contribution in [3.8, 4) is 5.75 Å². The number of piperidine rings is 1. The molecule has 0 amide bonds. The number of nitrogens with one attached hydrogen (secondary N) is 1. The Labute approximate surface area is 128 Å². The van der Waals surface area contributed by atoms with E-state index in [1.54, 1.807) is 7.11 Å². The lowest BCUT2D eigenvalue weighted by Crippen LogP contribution is -2.41. The summed E-state index contributed by atoms with van der Waals surface area (Å²) in [5.41, 5.74) is 1.29. The number of rotatable bonds is 8. The van der Waals surface area contributed by atoms with Crippen molar-refractivity contribution in [3.05, 3.63) is 29.8 Å². The Morgan fingerprint density at radius 2 is 2.10 bits per heavy atom. The van der Waals surface area contributed by atoms with Crippen LogP contribution in [-0.4, -0.2) is 50.9 Å². The third-order valence-electron chi connectivity index (χ3n) is 3.97. The van der Waals surface area contributed by atoms with Crippen molar-refractivity contribution in [3.63, 3.8) is 0 Å². The molecule has 1 aromatic carbocycles. The molecule has 1 aromatic rings. The molecule has 0 saturated carbocycles. The second-order valence-corrected chi connectivity index (χ2v) is 5.57. The van der Waals surface area contributed by atoms with E-state index in [1.165, 1.54) is 18.4 Å². The van der Waals surface area contributed by atoms with Gasteiger partial charge in [-0.15, -0.1) is 0 Å². The number of methoxy groups -OCH3 is 1. The summed E-state index contributed by atoms with van der Waals surface area (Å²) in [4.78, 5) is 2.43. The molecule has 1 saturated heterocycles. The standard InChI is InChI=1S/C17H28N2O2/c1-3-18-13-15-6-8-16(9-7-15)21-12-11-19-10-4-5-17(14-19)20-2/h6-9,17-18H,3-5,10-14H2,1-2H3. The molecule has 1 aliphatic rings. The minimum absolute atomic E-state index is 0.393. The molecule has 4 nitrogen and oxygen atoms in total. The second kappa shape index (κ2) is 9.03. The second-order valence-electron chi connectivity index (χ2n) is 5.57. The third kappa shape index (κ3) is 5.65. The number of nitrogens with zero attached hydrogens (tertiary/aromatic N) is 1. The largest absolute Gasteiger partial charge is 0.492 e. The monoisotopic (exact) mass is 292 g/mol. The third-order valence-corrected chi connectivity index (χ3v) is 3.97. The lowest BCUT2D eigenvalue weighted by Gasteiger charge is -2.31. The van der Waals surface area contributed by atoms with Crippen LogP contribution in [0.3, 0.4) is 0 Å². The van der Waals surface area contributed by atoms with Crippen molar-refractivity contribution in [1.29, 1.82) is 0 Å². The van der Waals surface area contributed by atoms with E-state index in [9.17, 15) is 0 Å². The van der Waals surface area contributed by atoms with Crippen LogP contribution in [0.25, 0.3) is 0 Å². The van der Waals surface area contributed by atoms with Crippen molar-refractivity contribution >= 4 is 0 Å². The van der Waals surface area contributed by atoms with E-state index < -0.39 is 0 Å². The minimum atomic E-state index is 0.393. The molecule has 118 valence electrons. The van der Waals surface area contributed by atoms with Gasteiger partial charge in [-0.05, 0) is 43.6 Å². The first-order valence-electron chi connectivity index (χ1n) is 7.99. The molecule has 0 radical (unpaired) electrons. The Kier molecular flexibility index (Phi) is 7.00. The molecule has 1 N–H and O–H groups in total. The van der Waals surface area contributed by atoms with Gasteiger partial charge in [0.2, 0.25) is 0 Å². The van der Waals surface area contributed by atoms with Crippen molar-refractivity contribution < 1.29 is 9.47 Å². The fraction of sp³-hybridized carbons (Fsp3) is 0.647. The van der Waals surface area contributed by atoms with Gasteiger partial charge in [-0.25, -0.2) is 0 Å². The summed E-state index contributed by atoms with van der Waals surface area (Å²) in [6.45, 7) is 7.93. The average Bonchev–Trinajstić information content (AvgIpc) is 2.54. The van der Waals surface area contributed by atoms with Crippen LogP contribution in [0.1, 0.15) is 25.3 Å². The van der Waals surface area contributed by atoms with Crippen LogP contribution in [0.4, 0.5) is 0 Å². The molecule has 0 spiro atoms. The summed E-state index contributed by atoms with van der Waals surface area (Å²) in [6.07, 6.45) is 2.79. The van der Waals surface area contributed by atoms with Gasteiger partial charge in [0.05, 0.1) is 6.10 Å². The van der Waals surface area contributed by atoms with Crippen molar-refractivity contribution in [2.45, 2.75) is 32.4 Å². The van der Waals surface area contributed by atoms with E-state index in [1.807, 2.05) is 0 Å². The molecule has 1 unspecified atom stereocenters. The van der Waals surface area contributed by atoms with Crippen LogP contribution >= 0.6 is 0 Å². The zero-order valence-electron chi connectivity index (χ0n) is 13.3. The summed E-state index contributed by atoms with van der Waals surface area (Å²) in [6, 6.07) is 8.36. The highest BCUT2D eigenvalue weighted by Crippen LogP contribution is 2.14. The van der Waals surface area contributed by atoms with Crippen LogP contribution in [0.15, 0.2) is 24.3 Å². The first-order valence-corrected chi connectivity index (χ1v) is 7.99. The van der Waals surface area contributed by atoms with E-state index in [4.69, 9.17) is 9.47 Å². The highest BCUT2D eigenvalue weighted by Gasteiger charge is 2.18. The Hall–Kier alpha value is -1.10. The first kappa shape index (κ1) is 16.3. The van der Waals surface area contributed by atoms with E-state index in [-0.39, 0.29) is 0 Å². The van der Waals surface area contributed by atoms with E-state index >= 15 is 0 Å². The number of benzene rings is 1. The summed E-state index contributed by atoms with van der Waals surface area (Å²) < 4.78 is 11.3. The number of likely N-dealkylation sites (tertiary alicyclic amines) is 1. The fourth-order valence-electron chi connectivity index (χ4n) is 2.67. The molecule has 4 heteroatoms. The molecular weight excluding hydrogens is 264 g/mol. The van der Waals surface area contributed by atoms with Crippen LogP contribution in [0.2, 0.25) is 0 Å². The molecule has 1 fully saturated rings. The van der Waals surface area contributed by atoms with Gasteiger partial charge < -0.3 is 14.8 Å². The predicted octanol–water partition coefficient (Wildman–Crippen LogP) is 2.29. The van der Waals surface area contributed by atoms with Crippen LogP contribution in [-0.2, 0) is 11.3 Å². The maximum absolute atomic E-state index is 5.83. The summed E-state index contributed by atoms with van der Waals surface area (Å²) in [7, 11) is 1.81. The predicted molar refractivity (Wildman–Crippen MR) is 85.8 cm³/mol. The number of hydrogen-bond donors (Lipinski definition) is 1. The minimum Gasteiger partial charge on any atom is -0.492 e. The number of ether oxygens (including phenoxy) is 2. The SMILES string of the molecule is CCNCc1ccc(OCCN2CCCC(OC)C2)cc1. The summed E-state index contributed by atoms with van der Waals surface area (Å²) >= 11 is 0. The maximum atomic E-state index is 5.83. The molecule has 0 aliphatic carbocycles. The van der Waals surface area contributed by atoms with Gasteiger partial charge in [-0.3, -0.25) is 4.90 Å². The van der Waals surface area contributed by atoms with Gasteiger partial charge in [0.1, 0.15) is 12.4 Å². The van der Waals surface area contributed by atoms with Crippen LogP contribution in [0.5, 0.6) is 5.75 Å². The van der Waals surface area contributed by atoms with Gasteiger partial charge >= 0.3 is 0 Å². The van der Waals surface area contributed by atoms with E-state index in [2.05, 4.69) is 41.4 Å². The average molecular weight is 292 g/mol. The van der Waals surface area contributed by atoms with E-state index in [0.717, 1.165) is 45.1 Å². The highest BCUT2D eigenvalue weighted by molar-refractivity contribution is 5.27. The molecule has 1 atom stereocenters. The smallest absolute Gasteiger partial charge is 0.119 e. The first-order chi connectivity index (χ1) is 10.3. The van der Waals surface area contributed by atoms with Crippen molar-refractivity contribution in [1.82, 2.24) is 10.2 Å². The van der Waals surface area contributed by atoms with Gasteiger partial charge in [-0.2, -0.15) is 0 Å². The molecule has 0 bridgehead atoms. The van der Waals surface area contributed by atoms with Crippen LogP contribution < -0.4 is 10.1 Å². The molecule has 1 heterocycles. The van der Waals surface area contributed by atoms with Gasteiger partial charge in [-0.1, -0.05) is 19.1 Å². The van der Waals surface area contributed by atoms with Gasteiger partial charge in [0.25, 0.3) is 0 Å². The Morgan fingerprint density at radius 3 is 2.81 bits per heavy atom. The van der Waals surface area contributed by atoms with Crippen LogP contribution in [0, 0.1) is 0 Å². The Balaban J connectivity index is 1.68. The Morgan fingerprint density at radius 1 is 1.29 bits per heavy atom. The summed E-state index contributed by atoms with van der Waals surface area (Å²) in [5.74, 6) is 0.954. The van der Waals surface area contributed by atoms with E-state index in [0.29, 0.717) is 6.10 Å². The normalized spacial score (nSPS) is 19.6. The molecule has 1 aliphatic heterocycles. The summed E-state index contributed by atoms with van der Waals surface area (Å²) in [5, 5.41) is 3.32. The maximum Gasteiger partial charge on any atom is 0.119 e. The van der Waals surface area contributed by atoms with Crippen molar-refractivity contribution in [2.24, 2.45) is 0 Å². The van der Waals surface area contributed by atoms with Gasteiger partial charge in [0.15, 0.2) is 0 Å².